The van der Waals surface area contributed by atoms with Crippen molar-refractivity contribution in [2.45, 2.75) is 76.6 Å². The molecule has 4 saturated heterocycles. The number of hydrogen-bond acceptors (Lipinski definition) is 12. The van der Waals surface area contributed by atoms with Gasteiger partial charge in [0.25, 0.3) is 24.1 Å². The number of rotatable bonds is 11. The fourth-order valence-corrected chi connectivity index (χ4v) is 10.5. The topological polar surface area (TPSA) is 195 Å². The Hall–Kier alpha value is -6.31. The summed E-state index contributed by atoms with van der Waals surface area (Å²) in [6.07, 6.45) is 1.55. The lowest BCUT2D eigenvalue weighted by Gasteiger charge is -2.39. The van der Waals surface area contributed by atoms with Gasteiger partial charge in [-0.3, -0.25) is 44.2 Å². The van der Waals surface area contributed by atoms with Gasteiger partial charge in [0, 0.05) is 140 Å². The molecule has 2 unspecified atom stereocenters. The second-order valence-corrected chi connectivity index (χ2v) is 18.9. The predicted octanol–water partition coefficient (Wildman–Crippen LogP) is 4.49. The summed E-state index contributed by atoms with van der Waals surface area (Å²) in [6.45, 7) is 8.71. The standard InChI is InChI=1S/C50H60F2N10O7.H2/c1-30(63)61-18-13-41(55-33-14-23-69-24-15-33)40(29-61)46(53)57(2)34-4-6-36(38(25-34)45(51)52)32-3-8-42(54-27-32)50(68)60-16-11-31(12-17-60)28-58-19-21-59(22-20-58)35-5-7-37-39(26-35)49(67)62(48(37)66)43-9-10-44(64)56-47(43)65;/h3-8,25-27,31,33,43,45,47,53,55,65H,9-24,28-29H2,1-2H3,(H,56,64);1H. The number of nitrogens with zero attached hydrogens (tertiary/aromatic N) is 7. The molecule has 7 heterocycles. The lowest BCUT2D eigenvalue weighted by atomic mass is 9.95. The first-order valence-electron chi connectivity index (χ1n) is 24.0. The Morgan fingerprint density at radius 2 is 1.62 bits per heavy atom. The zero-order valence-electron chi connectivity index (χ0n) is 39.1. The quantitative estimate of drug-likeness (QED) is 0.120. The highest BCUT2D eigenvalue weighted by Gasteiger charge is 2.45. The average molecular weight is 953 g/mol. The molecule has 5 amide bonds. The maximum absolute atomic E-state index is 14.8. The second kappa shape index (κ2) is 20.3. The van der Waals surface area contributed by atoms with E-state index in [1.807, 2.05) is 6.07 Å². The molecule has 0 bridgehead atoms. The number of likely N-dealkylation sites (tertiary alicyclic amines) is 1. The number of benzene rings is 2. The smallest absolute Gasteiger partial charge is 0.272 e. The number of alkyl halides is 2. The Morgan fingerprint density at radius 1 is 0.899 bits per heavy atom. The summed E-state index contributed by atoms with van der Waals surface area (Å²) in [7, 11) is 1.67. The van der Waals surface area contributed by atoms with Gasteiger partial charge in [0.2, 0.25) is 11.8 Å². The van der Waals surface area contributed by atoms with Crippen LogP contribution in [0.3, 0.4) is 0 Å². The fraction of sp³-hybridized carbons (Fsp3) is 0.500. The summed E-state index contributed by atoms with van der Waals surface area (Å²) in [6, 6.07) is 12.6. The molecule has 6 aliphatic rings. The van der Waals surface area contributed by atoms with E-state index in [-0.39, 0.29) is 67.2 Å². The number of halogens is 2. The van der Waals surface area contributed by atoms with E-state index in [1.54, 1.807) is 58.1 Å². The molecule has 3 aromatic rings. The van der Waals surface area contributed by atoms with Gasteiger partial charge in [-0.05, 0) is 80.0 Å². The summed E-state index contributed by atoms with van der Waals surface area (Å²) < 4.78 is 35.0. The van der Waals surface area contributed by atoms with Crippen LogP contribution in [0.1, 0.15) is 96.5 Å². The average Bonchev–Trinajstić information content (AvgIpc) is 3.61. The van der Waals surface area contributed by atoms with Crippen LogP contribution in [-0.2, 0) is 14.3 Å². The van der Waals surface area contributed by atoms with Crippen LogP contribution < -0.4 is 20.4 Å². The number of aliphatic hydroxyl groups is 1. The number of likely N-dealkylation sites (N-methyl/N-ethyl adjacent to an activating group) is 1. The van der Waals surface area contributed by atoms with Crippen molar-refractivity contribution in [1.82, 2.24) is 35.2 Å². The third kappa shape index (κ3) is 10.1. The molecule has 6 aliphatic heterocycles. The zero-order valence-corrected chi connectivity index (χ0v) is 39.1. The van der Waals surface area contributed by atoms with Crippen molar-refractivity contribution in [2.24, 2.45) is 5.92 Å². The molecular formula is C50H62F2N10O7. The summed E-state index contributed by atoms with van der Waals surface area (Å²) in [5.74, 6) is -1.03. The van der Waals surface area contributed by atoms with Crippen molar-refractivity contribution in [2.75, 3.05) is 89.0 Å². The highest BCUT2D eigenvalue weighted by atomic mass is 19.3. The van der Waals surface area contributed by atoms with E-state index in [2.05, 4.69) is 25.4 Å². The first-order valence-corrected chi connectivity index (χ1v) is 24.0. The molecule has 0 spiro atoms. The van der Waals surface area contributed by atoms with E-state index in [0.29, 0.717) is 73.1 Å². The van der Waals surface area contributed by atoms with Gasteiger partial charge >= 0.3 is 0 Å². The number of amidine groups is 1. The van der Waals surface area contributed by atoms with Crippen LogP contribution in [0.5, 0.6) is 0 Å². The molecule has 4 fully saturated rings. The molecule has 4 N–H and O–H groups in total. The summed E-state index contributed by atoms with van der Waals surface area (Å²) in [5, 5.41) is 25.6. The molecular weight excluding hydrogens is 891 g/mol. The molecule has 69 heavy (non-hydrogen) atoms. The number of aromatic nitrogens is 1. The van der Waals surface area contributed by atoms with Crippen molar-refractivity contribution >= 4 is 46.7 Å². The number of aliphatic hydroxyl groups excluding tert-OH is 1. The number of nitrogens with one attached hydrogen (secondary N) is 3. The molecule has 368 valence electrons. The SMILES string of the molecule is CC(=O)N1CCC(NC2CCOCC2)=C(C(=N)N(C)c2ccc(-c3ccc(C(=O)N4CCC(CN5CCN(c6ccc7c(c6)C(=O)N(C6CCC(=O)NC6O)C7=O)CC5)CC4)nc3)c(C(F)F)c2)C1.[HH]. The molecule has 9 rings (SSSR count). The van der Waals surface area contributed by atoms with Gasteiger partial charge in [0.15, 0.2) is 0 Å². The zero-order chi connectivity index (χ0) is 48.5. The van der Waals surface area contributed by atoms with Crippen molar-refractivity contribution in [3.8, 4) is 11.1 Å². The van der Waals surface area contributed by atoms with Gasteiger partial charge in [-0.15, -0.1) is 0 Å². The fourth-order valence-electron chi connectivity index (χ4n) is 10.5. The lowest BCUT2D eigenvalue weighted by molar-refractivity contribution is -0.129. The van der Waals surface area contributed by atoms with Crippen LogP contribution in [0, 0.1) is 11.3 Å². The number of anilines is 2. The van der Waals surface area contributed by atoms with Crippen LogP contribution in [-0.4, -0.2) is 163 Å². The number of imide groups is 1. The van der Waals surface area contributed by atoms with E-state index in [1.165, 1.54) is 19.2 Å². The first kappa shape index (κ1) is 47.7. The number of piperazine rings is 1. The second-order valence-electron chi connectivity index (χ2n) is 18.9. The Balaban J connectivity index is 0.00000659. The van der Waals surface area contributed by atoms with E-state index >= 15 is 0 Å². The number of amides is 5. The van der Waals surface area contributed by atoms with Crippen molar-refractivity contribution in [3.05, 3.63) is 88.4 Å². The maximum atomic E-state index is 14.8. The number of carbonyl (C=O) groups excluding carboxylic acids is 5. The largest absolute Gasteiger partial charge is 0.385 e. The summed E-state index contributed by atoms with van der Waals surface area (Å²) in [4.78, 5) is 79.5. The van der Waals surface area contributed by atoms with E-state index in [4.69, 9.17) is 4.74 Å². The molecule has 2 atom stereocenters. The highest BCUT2D eigenvalue weighted by Crippen LogP contribution is 2.36. The van der Waals surface area contributed by atoms with E-state index in [9.17, 15) is 43.3 Å². The summed E-state index contributed by atoms with van der Waals surface area (Å²) >= 11 is 0. The number of fused-ring (bicyclic) bond motifs is 1. The maximum Gasteiger partial charge on any atom is 0.272 e. The number of carbonyl (C=O) groups is 5. The first-order chi connectivity index (χ1) is 33.2. The van der Waals surface area contributed by atoms with Gasteiger partial charge < -0.3 is 40.1 Å². The molecule has 0 radical (unpaired) electrons. The Morgan fingerprint density at radius 3 is 2.30 bits per heavy atom. The normalized spacial score (nSPS) is 22.0. The van der Waals surface area contributed by atoms with Crippen molar-refractivity contribution in [3.63, 3.8) is 0 Å². The number of hydrogen-bond donors (Lipinski definition) is 4. The number of pyridine rings is 1. The minimum Gasteiger partial charge on any atom is -0.385 e. The molecule has 19 heteroatoms. The molecule has 0 aliphatic carbocycles. The molecule has 2 aromatic carbocycles. The molecule has 17 nitrogen and oxygen atoms in total. The van der Waals surface area contributed by atoms with Crippen LogP contribution in [0.2, 0.25) is 0 Å². The van der Waals surface area contributed by atoms with Gasteiger partial charge in [-0.25, -0.2) is 8.78 Å². The third-order valence-electron chi connectivity index (χ3n) is 14.7. The van der Waals surface area contributed by atoms with E-state index < -0.39 is 30.5 Å². The van der Waals surface area contributed by atoms with E-state index in [0.717, 1.165) is 74.7 Å². The van der Waals surface area contributed by atoms with Gasteiger partial charge in [-0.2, -0.15) is 0 Å². The Labute approximate surface area is 401 Å². The van der Waals surface area contributed by atoms with Crippen molar-refractivity contribution in [1.29, 1.82) is 5.41 Å². The lowest BCUT2D eigenvalue weighted by Crippen LogP contribution is -2.57. The molecule has 1 aromatic heterocycles. The van der Waals surface area contributed by atoms with Crippen LogP contribution in [0.4, 0.5) is 20.2 Å². The van der Waals surface area contributed by atoms with Crippen LogP contribution in [0.15, 0.2) is 66.0 Å². The van der Waals surface area contributed by atoms with Gasteiger partial charge in [0.1, 0.15) is 17.8 Å². The van der Waals surface area contributed by atoms with Gasteiger partial charge in [0.05, 0.1) is 23.7 Å². The Bertz CT molecular complexity index is 2530. The minimum absolute atomic E-state index is 0. The van der Waals surface area contributed by atoms with Crippen molar-refractivity contribution < 1.29 is 44.0 Å². The van der Waals surface area contributed by atoms with Crippen LogP contribution >= 0.6 is 0 Å². The number of ether oxygens (including phenoxy) is 1. The molecule has 0 saturated carbocycles. The number of piperidine rings is 2. The Kier molecular flexibility index (Phi) is 14.1. The highest BCUT2D eigenvalue weighted by molar-refractivity contribution is 6.22. The monoisotopic (exact) mass is 952 g/mol. The van der Waals surface area contributed by atoms with Crippen LogP contribution in [0.25, 0.3) is 11.1 Å². The summed E-state index contributed by atoms with van der Waals surface area (Å²) in [5.41, 5.74) is 4.14. The third-order valence-corrected chi connectivity index (χ3v) is 14.7. The minimum atomic E-state index is -2.82. The van der Waals surface area contributed by atoms with Gasteiger partial charge in [-0.1, -0.05) is 12.1 Å². The predicted molar refractivity (Wildman–Crippen MR) is 255 cm³/mol.